The van der Waals surface area contributed by atoms with Gasteiger partial charge < -0.3 is 9.67 Å². The van der Waals surface area contributed by atoms with Crippen molar-refractivity contribution in [2.24, 2.45) is 7.05 Å². The Morgan fingerprint density at radius 3 is 2.67 bits per heavy atom. The first-order valence-corrected chi connectivity index (χ1v) is 6.67. The van der Waals surface area contributed by atoms with E-state index in [1.165, 1.54) is 29.2 Å². The molecule has 0 aliphatic heterocycles. The van der Waals surface area contributed by atoms with Gasteiger partial charge in [-0.25, -0.2) is 4.98 Å². The van der Waals surface area contributed by atoms with E-state index in [2.05, 4.69) is 9.71 Å². The largest absolute Gasteiger partial charge is 0.506 e. The molecule has 2 rings (SSSR count). The van der Waals surface area contributed by atoms with Crippen molar-refractivity contribution in [3.63, 3.8) is 0 Å². The average Bonchev–Trinajstić information content (AvgIpc) is 2.70. The van der Waals surface area contributed by atoms with E-state index in [9.17, 15) is 13.5 Å². The summed E-state index contributed by atoms with van der Waals surface area (Å²) < 4.78 is 27.7. The zero-order chi connectivity index (χ0) is 13.3. The Morgan fingerprint density at radius 2 is 2.11 bits per heavy atom. The van der Waals surface area contributed by atoms with Crippen LogP contribution in [0.4, 0.5) is 5.69 Å². The highest BCUT2D eigenvalue weighted by Crippen LogP contribution is 2.26. The van der Waals surface area contributed by atoms with Crippen LogP contribution < -0.4 is 4.72 Å². The van der Waals surface area contributed by atoms with Crippen LogP contribution in [0.15, 0.2) is 35.7 Å². The van der Waals surface area contributed by atoms with Crippen LogP contribution in [0, 0.1) is 6.92 Å². The molecule has 0 amide bonds. The van der Waals surface area contributed by atoms with Crippen molar-refractivity contribution in [2.75, 3.05) is 4.72 Å². The molecular weight excluding hydrogens is 254 g/mol. The van der Waals surface area contributed by atoms with Gasteiger partial charge in [-0.05, 0) is 24.6 Å². The highest BCUT2D eigenvalue weighted by Gasteiger charge is 2.18. The predicted octanol–water partition coefficient (Wildman–Crippen LogP) is 1.23. The number of aromatic nitrogens is 2. The normalized spacial score (nSPS) is 11.4. The second-order valence-corrected chi connectivity index (χ2v) is 5.63. The molecule has 1 heterocycles. The molecule has 7 heteroatoms. The van der Waals surface area contributed by atoms with Gasteiger partial charge in [0, 0.05) is 13.2 Å². The zero-order valence-electron chi connectivity index (χ0n) is 9.95. The van der Waals surface area contributed by atoms with Crippen molar-refractivity contribution in [1.29, 1.82) is 0 Å². The average molecular weight is 267 g/mol. The number of imidazole rings is 1. The van der Waals surface area contributed by atoms with Gasteiger partial charge in [0.2, 0.25) is 0 Å². The summed E-state index contributed by atoms with van der Waals surface area (Å²) in [5.41, 5.74) is 0.972. The van der Waals surface area contributed by atoms with Crippen LogP contribution in [0.3, 0.4) is 0 Å². The SMILES string of the molecule is Cc1ccc(NS(=O)(=O)c2cn(C)cn2)c(O)c1. The van der Waals surface area contributed by atoms with Gasteiger partial charge in [-0.2, -0.15) is 8.42 Å². The highest BCUT2D eigenvalue weighted by molar-refractivity contribution is 7.92. The minimum atomic E-state index is -3.77. The Morgan fingerprint density at radius 1 is 1.39 bits per heavy atom. The minimum Gasteiger partial charge on any atom is -0.506 e. The van der Waals surface area contributed by atoms with Crippen LogP contribution in [0.1, 0.15) is 5.56 Å². The number of sulfonamides is 1. The lowest BCUT2D eigenvalue weighted by atomic mass is 10.2. The van der Waals surface area contributed by atoms with Crippen LogP contribution in [-0.2, 0) is 17.1 Å². The van der Waals surface area contributed by atoms with E-state index in [4.69, 9.17) is 0 Å². The summed E-state index contributed by atoms with van der Waals surface area (Å²) in [7, 11) is -2.09. The number of aromatic hydroxyl groups is 1. The molecule has 96 valence electrons. The third kappa shape index (κ3) is 2.45. The first kappa shape index (κ1) is 12.4. The summed E-state index contributed by atoms with van der Waals surface area (Å²) in [4.78, 5) is 3.76. The van der Waals surface area contributed by atoms with Gasteiger partial charge in [-0.3, -0.25) is 4.72 Å². The minimum absolute atomic E-state index is 0.0926. The molecule has 6 nitrogen and oxygen atoms in total. The molecule has 18 heavy (non-hydrogen) atoms. The smallest absolute Gasteiger partial charge is 0.281 e. The number of phenolic OH excluding ortho intramolecular Hbond substituents is 1. The predicted molar refractivity (Wildman–Crippen MR) is 66.9 cm³/mol. The molecule has 1 aromatic carbocycles. The maximum atomic E-state index is 12.0. The van der Waals surface area contributed by atoms with Crippen LogP contribution in [-0.4, -0.2) is 23.1 Å². The van der Waals surface area contributed by atoms with Gasteiger partial charge in [0.1, 0.15) is 5.75 Å². The van der Waals surface area contributed by atoms with E-state index in [0.717, 1.165) is 5.56 Å². The molecule has 2 N–H and O–H groups in total. The molecule has 0 radical (unpaired) electrons. The Balaban J connectivity index is 2.33. The quantitative estimate of drug-likeness (QED) is 0.819. The summed E-state index contributed by atoms with van der Waals surface area (Å²) in [5.74, 6) is -0.116. The summed E-state index contributed by atoms with van der Waals surface area (Å²) in [6.45, 7) is 1.80. The third-order valence-corrected chi connectivity index (χ3v) is 3.60. The summed E-state index contributed by atoms with van der Waals surface area (Å²) in [6, 6.07) is 4.69. The zero-order valence-corrected chi connectivity index (χ0v) is 10.8. The van der Waals surface area contributed by atoms with E-state index in [1.54, 1.807) is 20.0 Å². The van der Waals surface area contributed by atoms with Gasteiger partial charge in [-0.15, -0.1) is 0 Å². The number of aryl methyl sites for hydroxylation is 2. The third-order valence-electron chi connectivity index (χ3n) is 2.35. The molecule has 0 bridgehead atoms. The van der Waals surface area contributed by atoms with E-state index in [-0.39, 0.29) is 16.5 Å². The van der Waals surface area contributed by atoms with Gasteiger partial charge in [0.15, 0.2) is 5.03 Å². The van der Waals surface area contributed by atoms with Gasteiger partial charge >= 0.3 is 0 Å². The standard InChI is InChI=1S/C11H13N3O3S/c1-8-3-4-9(10(15)5-8)13-18(16,17)11-6-14(2)7-12-11/h3-7,13,15H,1-2H3. The number of phenols is 1. The molecule has 1 aromatic heterocycles. The Hall–Kier alpha value is -2.02. The second kappa shape index (κ2) is 4.34. The van der Waals surface area contributed by atoms with Gasteiger partial charge in [-0.1, -0.05) is 6.07 Å². The number of nitrogens with one attached hydrogen (secondary N) is 1. The Kier molecular flexibility index (Phi) is 3.00. The van der Waals surface area contributed by atoms with Crippen LogP contribution in [0.2, 0.25) is 0 Å². The van der Waals surface area contributed by atoms with Gasteiger partial charge in [0.25, 0.3) is 10.0 Å². The molecule has 2 aromatic rings. The first-order chi connectivity index (χ1) is 8.38. The summed E-state index contributed by atoms with van der Waals surface area (Å²) in [6.07, 6.45) is 2.77. The van der Waals surface area contributed by atoms with E-state index in [1.807, 2.05) is 0 Å². The number of anilines is 1. The van der Waals surface area contributed by atoms with Crippen molar-refractivity contribution in [2.45, 2.75) is 11.9 Å². The van der Waals surface area contributed by atoms with E-state index >= 15 is 0 Å². The van der Waals surface area contributed by atoms with Crippen molar-refractivity contribution < 1.29 is 13.5 Å². The van der Waals surface area contributed by atoms with Crippen LogP contribution in [0.5, 0.6) is 5.75 Å². The highest BCUT2D eigenvalue weighted by atomic mass is 32.2. The fourth-order valence-electron chi connectivity index (χ4n) is 1.45. The summed E-state index contributed by atoms with van der Waals surface area (Å²) in [5, 5.41) is 9.56. The summed E-state index contributed by atoms with van der Waals surface area (Å²) >= 11 is 0. The number of hydrogen-bond acceptors (Lipinski definition) is 4. The van der Waals surface area contributed by atoms with E-state index in [0.29, 0.717) is 0 Å². The maximum Gasteiger partial charge on any atom is 0.281 e. The molecular formula is C11H13N3O3S. The van der Waals surface area contributed by atoms with Gasteiger partial charge in [0.05, 0.1) is 12.0 Å². The molecule has 0 saturated heterocycles. The number of benzene rings is 1. The topological polar surface area (TPSA) is 84.2 Å². The molecule has 0 aliphatic carbocycles. The molecule has 0 unspecified atom stereocenters. The first-order valence-electron chi connectivity index (χ1n) is 5.19. The van der Waals surface area contributed by atoms with Crippen molar-refractivity contribution in [1.82, 2.24) is 9.55 Å². The van der Waals surface area contributed by atoms with E-state index < -0.39 is 10.0 Å². The molecule has 0 fully saturated rings. The number of hydrogen-bond donors (Lipinski definition) is 2. The van der Waals surface area contributed by atoms with Crippen LogP contribution >= 0.6 is 0 Å². The molecule has 0 spiro atoms. The fourth-order valence-corrected chi connectivity index (χ4v) is 2.51. The maximum absolute atomic E-state index is 12.0. The van der Waals surface area contributed by atoms with Crippen molar-refractivity contribution in [3.8, 4) is 5.75 Å². The lowest BCUT2D eigenvalue weighted by molar-refractivity contribution is 0.477. The van der Waals surface area contributed by atoms with Crippen molar-refractivity contribution in [3.05, 3.63) is 36.3 Å². The molecule has 0 saturated carbocycles. The molecule has 0 atom stereocenters. The van der Waals surface area contributed by atoms with Crippen molar-refractivity contribution >= 4 is 15.7 Å². The second-order valence-electron chi connectivity index (χ2n) is 4.00. The Labute approximate surface area is 105 Å². The van der Waals surface area contributed by atoms with Crippen LogP contribution in [0.25, 0.3) is 0 Å². The molecule has 0 aliphatic rings. The fraction of sp³-hybridized carbons (Fsp3) is 0.182. The lowest BCUT2D eigenvalue weighted by Gasteiger charge is -2.08. The lowest BCUT2D eigenvalue weighted by Crippen LogP contribution is -2.13. The number of rotatable bonds is 3. The monoisotopic (exact) mass is 267 g/mol. The Bertz CT molecular complexity index is 677. The number of nitrogens with zero attached hydrogens (tertiary/aromatic N) is 2.